The molecule has 0 saturated heterocycles. The first kappa shape index (κ1) is 21.0. The number of para-hydroxylation sites is 1. The molecule has 0 aliphatic rings. The summed E-state index contributed by atoms with van der Waals surface area (Å²) in [6.45, 7) is 0.345. The van der Waals surface area contributed by atoms with Crippen LogP contribution < -0.4 is 10.2 Å². The number of hydrogen-bond acceptors (Lipinski definition) is 5. The molecule has 0 atom stereocenters. The van der Waals surface area contributed by atoms with Gasteiger partial charge in [0.15, 0.2) is 0 Å². The minimum Gasteiger partial charge on any atom is -0.488 e. The molecule has 3 rings (SSSR count). The van der Waals surface area contributed by atoms with Gasteiger partial charge in [0.05, 0.1) is 17.6 Å². The fourth-order valence-electron chi connectivity index (χ4n) is 2.64. The monoisotopic (exact) mass is 423 g/mol. The van der Waals surface area contributed by atoms with Gasteiger partial charge in [-0.2, -0.15) is 5.10 Å². The van der Waals surface area contributed by atoms with E-state index in [4.69, 9.17) is 16.3 Å². The average molecular weight is 424 g/mol. The van der Waals surface area contributed by atoms with Gasteiger partial charge in [0, 0.05) is 22.7 Å². The third-order valence-corrected chi connectivity index (χ3v) is 4.34. The van der Waals surface area contributed by atoms with Crippen LogP contribution in [-0.2, 0) is 17.8 Å². The Hall–Kier alpha value is -3.71. The molecule has 30 heavy (non-hydrogen) atoms. The molecule has 0 unspecified atom stereocenters. The molecular formula is C22H18ClN3O4. The zero-order valence-corrected chi connectivity index (χ0v) is 16.6. The van der Waals surface area contributed by atoms with Crippen LogP contribution in [0.25, 0.3) is 0 Å². The van der Waals surface area contributed by atoms with E-state index in [1.807, 2.05) is 42.5 Å². The van der Waals surface area contributed by atoms with Crippen LogP contribution in [0.3, 0.4) is 0 Å². The topological polar surface area (TPSA) is 93.8 Å². The number of halogens is 1. The Morgan fingerprint density at radius 3 is 2.57 bits per heavy atom. The van der Waals surface area contributed by atoms with Crippen molar-refractivity contribution in [1.29, 1.82) is 0 Å². The summed E-state index contributed by atoms with van der Waals surface area (Å²) < 4.78 is 5.84. The van der Waals surface area contributed by atoms with Crippen molar-refractivity contribution in [3.05, 3.63) is 105 Å². The standard InChI is InChI=1S/C22H18ClN3O4/c23-19-6-3-4-17(12-19)15-30-21-7-2-1-5-18(21)14-24-25-22(27)13-16-8-10-20(11-9-16)26(28)29/h1-12,14H,13,15H2,(H,25,27)/b24-14+. The second-order valence-corrected chi connectivity index (χ2v) is 6.79. The SMILES string of the molecule is O=C(Cc1ccc([N+](=O)[O-])cc1)N/N=C/c1ccccc1OCc1cccc(Cl)c1. The lowest BCUT2D eigenvalue weighted by Gasteiger charge is -2.09. The lowest BCUT2D eigenvalue weighted by molar-refractivity contribution is -0.384. The van der Waals surface area contributed by atoms with Gasteiger partial charge in [-0.1, -0.05) is 48.0 Å². The van der Waals surface area contributed by atoms with Gasteiger partial charge in [-0.25, -0.2) is 5.43 Å². The smallest absolute Gasteiger partial charge is 0.269 e. The number of amides is 1. The van der Waals surface area contributed by atoms with Crippen molar-refractivity contribution in [1.82, 2.24) is 5.43 Å². The van der Waals surface area contributed by atoms with Gasteiger partial charge < -0.3 is 4.74 Å². The van der Waals surface area contributed by atoms with Gasteiger partial charge in [0.25, 0.3) is 5.69 Å². The first-order chi connectivity index (χ1) is 14.5. The molecule has 0 aliphatic carbocycles. The van der Waals surface area contributed by atoms with Gasteiger partial charge in [-0.05, 0) is 35.4 Å². The third kappa shape index (κ3) is 6.15. The highest BCUT2D eigenvalue weighted by molar-refractivity contribution is 6.30. The van der Waals surface area contributed by atoms with Gasteiger partial charge in [0.2, 0.25) is 5.91 Å². The molecule has 1 N–H and O–H groups in total. The molecular weight excluding hydrogens is 406 g/mol. The zero-order chi connectivity index (χ0) is 21.3. The van der Waals surface area contributed by atoms with Crippen LogP contribution in [0.4, 0.5) is 5.69 Å². The number of benzene rings is 3. The number of nitro groups is 1. The molecule has 7 nitrogen and oxygen atoms in total. The van der Waals surface area contributed by atoms with E-state index >= 15 is 0 Å². The summed E-state index contributed by atoms with van der Waals surface area (Å²) in [6.07, 6.45) is 1.56. The summed E-state index contributed by atoms with van der Waals surface area (Å²) in [6, 6.07) is 20.5. The summed E-state index contributed by atoms with van der Waals surface area (Å²) in [5.41, 5.74) is 4.72. The van der Waals surface area contributed by atoms with Gasteiger partial charge in [-0.3, -0.25) is 14.9 Å². The van der Waals surface area contributed by atoms with E-state index in [1.54, 1.807) is 18.2 Å². The predicted octanol–water partition coefficient (Wildman–Crippen LogP) is 4.52. The van der Waals surface area contributed by atoms with E-state index in [9.17, 15) is 14.9 Å². The number of carbonyl (C=O) groups excluding carboxylic acids is 1. The molecule has 0 aliphatic heterocycles. The Morgan fingerprint density at radius 1 is 1.07 bits per heavy atom. The van der Waals surface area contributed by atoms with Crippen molar-refractivity contribution in [3.63, 3.8) is 0 Å². The van der Waals surface area contributed by atoms with E-state index < -0.39 is 4.92 Å². The predicted molar refractivity (Wildman–Crippen MR) is 115 cm³/mol. The van der Waals surface area contributed by atoms with Crippen molar-refractivity contribution in [3.8, 4) is 5.75 Å². The Kier molecular flexibility index (Phi) is 7.13. The van der Waals surface area contributed by atoms with Crippen molar-refractivity contribution >= 4 is 29.4 Å². The maximum Gasteiger partial charge on any atom is 0.269 e. The molecule has 0 aromatic heterocycles. The zero-order valence-electron chi connectivity index (χ0n) is 15.8. The number of carbonyl (C=O) groups is 1. The van der Waals surface area contributed by atoms with Crippen molar-refractivity contribution in [2.75, 3.05) is 0 Å². The number of nitrogens with one attached hydrogen (secondary N) is 1. The Labute approximate surface area is 178 Å². The molecule has 1 amide bonds. The number of nitro benzene ring substituents is 1. The van der Waals surface area contributed by atoms with Crippen LogP contribution >= 0.6 is 11.6 Å². The second kappa shape index (κ2) is 10.2. The molecule has 0 saturated carbocycles. The van der Waals surface area contributed by atoms with E-state index in [1.165, 1.54) is 18.3 Å². The molecule has 0 radical (unpaired) electrons. The Bertz CT molecular complexity index is 1070. The lowest BCUT2D eigenvalue weighted by Crippen LogP contribution is -2.19. The highest BCUT2D eigenvalue weighted by Crippen LogP contribution is 2.19. The van der Waals surface area contributed by atoms with Crippen LogP contribution in [-0.4, -0.2) is 17.0 Å². The van der Waals surface area contributed by atoms with Crippen LogP contribution in [0.15, 0.2) is 77.9 Å². The fraction of sp³-hybridized carbons (Fsp3) is 0.0909. The molecule has 8 heteroatoms. The molecule has 0 fully saturated rings. The highest BCUT2D eigenvalue weighted by atomic mass is 35.5. The minimum atomic E-state index is -0.486. The van der Waals surface area contributed by atoms with Crippen LogP contribution in [0.2, 0.25) is 5.02 Å². The molecule has 152 valence electrons. The number of ether oxygens (including phenoxy) is 1. The van der Waals surface area contributed by atoms with Gasteiger partial charge in [-0.15, -0.1) is 0 Å². The van der Waals surface area contributed by atoms with Gasteiger partial charge >= 0.3 is 0 Å². The first-order valence-electron chi connectivity index (χ1n) is 9.03. The van der Waals surface area contributed by atoms with Crippen LogP contribution in [0.1, 0.15) is 16.7 Å². The van der Waals surface area contributed by atoms with Gasteiger partial charge in [0.1, 0.15) is 12.4 Å². The molecule has 3 aromatic carbocycles. The lowest BCUT2D eigenvalue weighted by atomic mass is 10.1. The van der Waals surface area contributed by atoms with Crippen LogP contribution in [0.5, 0.6) is 5.75 Å². The summed E-state index contributed by atoms with van der Waals surface area (Å²) in [5.74, 6) is 0.281. The summed E-state index contributed by atoms with van der Waals surface area (Å²) in [7, 11) is 0. The molecule has 0 spiro atoms. The largest absolute Gasteiger partial charge is 0.488 e. The number of non-ortho nitro benzene ring substituents is 1. The van der Waals surface area contributed by atoms with Crippen molar-refractivity contribution in [2.24, 2.45) is 5.10 Å². The average Bonchev–Trinajstić information content (AvgIpc) is 2.73. The number of rotatable bonds is 8. The molecule has 0 bridgehead atoms. The Balaban J connectivity index is 1.56. The van der Waals surface area contributed by atoms with E-state index in [0.29, 0.717) is 28.5 Å². The second-order valence-electron chi connectivity index (χ2n) is 6.35. The first-order valence-corrected chi connectivity index (χ1v) is 9.40. The van der Waals surface area contributed by atoms with Crippen molar-refractivity contribution in [2.45, 2.75) is 13.0 Å². The van der Waals surface area contributed by atoms with E-state index in [-0.39, 0.29) is 18.0 Å². The van der Waals surface area contributed by atoms with E-state index in [0.717, 1.165) is 5.56 Å². The summed E-state index contributed by atoms with van der Waals surface area (Å²) >= 11 is 5.99. The minimum absolute atomic E-state index is 0.0217. The van der Waals surface area contributed by atoms with Crippen molar-refractivity contribution < 1.29 is 14.5 Å². The Morgan fingerprint density at radius 2 is 1.83 bits per heavy atom. The van der Waals surface area contributed by atoms with E-state index in [2.05, 4.69) is 10.5 Å². The fourth-order valence-corrected chi connectivity index (χ4v) is 2.85. The third-order valence-electron chi connectivity index (χ3n) is 4.11. The number of hydrazone groups is 1. The summed E-state index contributed by atoms with van der Waals surface area (Å²) in [5, 5.41) is 15.3. The highest BCUT2D eigenvalue weighted by Gasteiger charge is 2.07. The van der Waals surface area contributed by atoms with Crippen LogP contribution in [0, 0.1) is 10.1 Å². The summed E-state index contributed by atoms with van der Waals surface area (Å²) in [4.78, 5) is 22.2. The maximum atomic E-state index is 12.0. The molecule has 3 aromatic rings. The maximum absolute atomic E-state index is 12.0. The normalized spacial score (nSPS) is 10.7. The molecule has 0 heterocycles. The number of hydrogen-bond donors (Lipinski definition) is 1. The number of nitrogens with zero attached hydrogens (tertiary/aromatic N) is 2. The quantitative estimate of drug-likeness (QED) is 0.327.